The minimum Gasteiger partial charge on any atom is -0.348 e. The Balaban J connectivity index is 1.96. The van der Waals surface area contributed by atoms with Crippen molar-refractivity contribution in [3.63, 3.8) is 0 Å². The van der Waals surface area contributed by atoms with Gasteiger partial charge in [-0.25, -0.2) is 0 Å². The number of hydrogen-bond donors (Lipinski definition) is 0. The van der Waals surface area contributed by atoms with Crippen molar-refractivity contribution in [3.05, 3.63) is 59.7 Å². The molecule has 4 heteroatoms. The van der Waals surface area contributed by atoms with Crippen LogP contribution in [0.25, 0.3) is 11.1 Å². The Bertz CT molecular complexity index is 880. The van der Waals surface area contributed by atoms with Crippen molar-refractivity contribution >= 4 is 11.8 Å². The van der Waals surface area contributed by atoms with Crippen LogP contribution in [0.5, 0.6) is 0 Å². The first-order valence-corrected chi connectivity index (χ1v) is 10.5. The minimum absolute atomic E-state index is 0.167. The van der Waals surface area contributed by atoms with Crippen molar-refractivity contribution < 1.29 is 9.59 Å². The lowest BCUT2D eigenvalue weighted by Gasteiger charge is -2.42. The number of carbonyl (C=O) groups excluding carboxylic acids is 2. The van der Waals surface area contributed by atoms with Crippen LogP contribution in [-0.4, -0.2) is 48.8 Å². The van der Waals surface area contributed by atoms with E-state index in [-0.39, 0.29) is 11.8 Å². The van der Waals surface area contributed by atoms with Crippen LogP contribution in [0, 0.1) is 12.3 Å². The summed E-state index contributed by atoms with van der Waals surface area (Å²) in [7, 11) is 3.67. The lowest BCUT2D eigenvalue weighted by Crippen LogP contribution is -2.50. The van der Waals surface area contributed by atoms with Gasteiger partial charge >= 0.3 is 0 Å². The Labute approximate surface area is 174 Å². The molecule has 154 valence electrons. The Kier molecular flexibility index (Phi) is 6.41. The Hall–Kier alpha value is -2.62. The average Bonchev–Trinajstić information content (AvgIpc) is 2.74. The number of hydrogen-bond acceptors (Lipinski definition) is 2. The van der Waals surface area contributed by atoms with E-state index in [9.17, 15) is 9.59 Å². The van der Waals surface area contributed by atoms with E-state index in [0.29, 0.717) is 38.8 Å². The highest BCUT2D eigenvalue weighted by atomic mass is 16.2. The van der Waals surface area contributed by atoms with Crippen LogP contribution in [0.15, 0.2) is 48.5 Å². The van der Waals surface area contributed by atoms with Gasteiger partial charge in [0.05, 0.1) is 5.41 Å². The average molecular weight is 393 g/mol. The summed E-state index contributed by atoms with van der Waals surface area (Å²) < 4.78 is 0. The van der Waals surface area contributed by atoms with Crippen LogP contribution in [0.1, 0.15) is 37.3 Å². The molecule has 3 rings (SSSR count). The fourth-order valence-corrected chi connectivity index (χ4v) is 4.53. The van der Waals surface area contributed by atoms with Gasteiger partial charge in [-0.2, -0.15) is 0 Å². The van der Waals surface area contributed by atoms with Crippen LogP contribution in [0.3, 0.4) is 0 Å². The number of benzene rings is 2. The highest BCUT2D eigenvalue weighted by Gasteiger charge is 2.43. The normalized spacial score (nSPS) is 15.8. The zero-order chi connectivity index (χ0) is 21.0. The first-order valence-electron chi connectivity index (χ1n) is 10.5. The fourth-order valence-electron chi connectivity index (χ4n) is 4.53. The second-order valence-corrected chi connectivity index (χ2v) is 8.36. The largest absolute Gasteiger partial charge is 0.348 e. The molecule has 0 aliphatic carbocycles. The van der Waals surface area contributed by atoms with Crippen molar-refractivity contribution in [3.8, 4) is 11.1 Å². The smallest absolute Gasteiger partial charge is 0.228 e. The number of amides is 2. The molecule has 0 N–H and O–H groups in total. The molecular weight excluding hydrogens is 360 g/mol. The molecular formula is C25H32N2O2. The third kappa shape index (κ3) is 4.36. The van der Waals surface area contributed by atoms with Crippen LogP contribution in [0.4, 0.5) is 0 Å². The second kappa shape index (κ2) is 8.81. The maximum Gasteiger partial charge on any atom is 0.228 e. The molecule has 2 aromatic rings. The zero-order valence-corrected chi connectivity index (χ0v) is 18.1. The molecule has 2 amide bonds. The lowest BCUT2D eigenvalue weighted by atomic mass is 9.71. The highest BCUT2D eigenvalue weighted by Crippen LogP contribution is 2.39. The van der Waals surface area contributed by atoms with Crippen LogP contribution < -0.4 is 0 Å². The lowest BCUT2D eigenvalue weighted by molar-refractivity contribution is -0.146. The number of carbonyl (C=O) groups is 2. The molecule has 29 heavy (non-hydrogen) atoms. The molecule has 0 saturated carbocycles. The van der Waals surface area contributed by atoms with E-state index in [0.717, 1.165) is 0 Å². The van der Waals surface area contributed by atoms with Crippen molar-refractivity contribution in [2.45, 2.75) is 39.5 Å². The number of nitrogens with zero attached hydrogens (tertiary/aromatic N) is 2. The van der Waals surface area contributed by atoms with Crippen molar-refractivity contribution in [1.82, 2.24) is 9.80 Å². The predicted octanol–water partition coefficient (Wildman–Crippen LogP) is 4.31. The van der Waals surface area contributed by atoms with E-state index in [1.165, 1.54) is 22.3 Å². The summed E-state index contributed by atoms with van der Waals surface area (Å²) in [5, 5.41) is 0. The van der Waals surface area contributed by atoms with Crippen LogP contribution in [0.2, 0.25) is 0 Å². The third-order valence-corrected chi connectivity index (χ3v) is 6.22. The maximum absolute atomic E-state index is 13.3. The number of likely N-dealkylation sites (tertiary alicyclic amines) is 1. The fraction of sp³-hybridized carbons (Fsp3) is 0.440. The van der Waals surface area contributed by atoms with Crippen molar-refractivity contribution in [2.24, 2.45) is 5.41 Å². The van der Waals surface area contributed by atoms with Gasteiger partial charge in [0.1, 0.15) is 0 Å². The minimum atomic E-state index is -0.465. The Morgan fingerprint density at radius 1 is 0.966 bits per heavy atom. The van der Waals surface area contributed by atoms with E-state index in [2.05, 4.69) is 55.5 Å². The molecule has 0 radical (unpaired) electrons. The van der Waals surface area contributed by atoms with Gasteiger partial charge in [0, 0.05) is 33.6 Å². The first kappa shape index (κ1) is 21.1. The van der Waals surface area contributed by atoms with E-state index in [4.69, 9.17) is 0 Å². The predicted molar refractivity (Wildman–Crippen MR) is 118 cm³/mol. The molecule has 0 aromatic heterocycles. The zero-order valence-electron chi connectivity index (χ0n) is 18.1. The van der Waals surface area contributed by atoms with Crippen LogP contribution in [-0.2, 0) is 16.0 Å². The van der Waals surface area contributed by atoms with Gasteiger partial charge in [-0.15, -0.1) is 0 Å². The molecule has 1 saturated heterocycles. The monoisotopic (exact) mass is 392 g/mol. The van der Waals surface area contributed by atoms with Gasteiger partial charge in [-0.1, -0.05) is 55.5 Å². The van der Waals surface area contributed by atoms with Crippen molar-refractivity contribution in [1.29, 1.82) is 0 Å². The molecule has 1 fully saturated rings. The molecule has 2 aromatic carbocycles. The summed E-state index contributed by atoms with van der Waals surface area (Å²) in [6.45, 7) is 5.33. The molecule has 1 aliphatic rings. The number of piperidine rings is 1. The molecule has 0 atom stereocenters. The number of aryl methyl sites for hydroxylation is 1. The van der Waals surface area contributed by atoms with Gasteiger partial charge in [-0.05, 0) is 48.4 Å². The first-order chi connectivity index (χ1) is 13.9. The van der Waals surface area contributed by atoms with Gasteiger partial charge in [-0.3, -0.25) is 9.59 Å². The van der Waals surface area contributed by atoms with E-state index < -0.39 is 5.41 Å². The summed E-state index contributed by atoms with van der Waals surface area (Å²) in [6.07, 6.45) is 2.63. The summed E-state index contributed by atoms with van der Waals surface area (Å²) in [5.41, 5.74) is 4.38. The Morgan fingerprint density at radius 3 is 2.14 bits per heavy atom. The summed E-state index contributed by atoms with van der Waals surface area (Å²) in [5.74, 6) is 0.344. The van der Waals surface area contributed by atoms with Crippen molar-refractivity contribution in [2.75, 3.05) is 27.2 Å². The molecule has 0 bridgehead atoms. The highest BCUT2D eigenvalue weighted by molar-refractivity contribution is 5.84. The van der Waals surface area contributed by atoms with Gasteiger partial charge < -0.3 is 9.80 Å². The SMILES string of the molecule is CCC(=O)N1CCC(Cc2ccccc2-c2ccccc2C)(C(=O)N(C)C)CC1. The molecule has 1 aliphatic heterocycles. The van der Waals surface area contributed by atoms with E-state index >= 15 is 0 Å². The van der Waals surface area contributed by atoms with Gasteiger partial charge in [0.2, 0.25) is 11.8 Å². The molecule has 0 unspecified atom stereocenters. The molecule has 1 heterocycles. The third-order valence-electron chi connectivity index (χ3n) is 6.22. The summed E-state index contributed by atoms with van der Waals surface area (Å²) in [6, 6.07) is 16.8. The van der Waals surface area contributed by atoms with Crippen LogP contribution >= 0.6 is 0 Å². The Morgan fingerprint density at radius 2 is 1.55 bits per heavy atom. The van der Waals surface area contributed by atoms with Gasteiger partial charge in [0.25, 0.3) is 0 Å². The summed E-state index contributed by atoms with van der Waals surface area (Å²) in [4.78, 5) is 29.1. The second-order valence-electron chi connectivity index (χ2n) is 8.36. The molecule has 4 nitrogen and oxygen atoms in total. The standard InChI is InChI=1S/C25H32N2O2/c1-5-23(28)27-16-14-25(15-17-27,24(29)26(3)4)18-20-11-7-9-13-22(20)21-12-8-6-10-19(21)2/h6-13H,5,14-18H2,1-4H3. The van der Waals surface area contributed by atoms with Gasteiger partial charge in [0.15, 0.2) is 0 Å². The molecule has 0 spiro atoms. The van der Waals surface area contributed by atoms with E-state index in [1.54, 1.807) is 4.90 Å². The summed E-state index contributed by atoms with van der Waals surface area (Å²) >= 11 is 0. The maximum atomic E-state index is 13.3. The number of rotatable bonds is 5. The topological polar surface area (TPSA) is 40.6 Å². The quantitative estimate of drug-likeness (QED) is 0.761. The van der Waals surface area contributed by atoms with E-state index in [1.807, 2.05) is 25.9 Å².